The SMILES string of the molecule is CC(=O)OC[C@H]1O[C@H](OS(=O)(=O)C(F)(F)F)[C@H](OC(=O)NCc2ccccc2)[C@@H](OC(C)=O)[C@@H]1OC(C)=O. The lowest BCUT2D eigenvalue weighted by Gasteiger charge is -2.43. The summed E-state index contributed by atoms with van der Waals surface area (Å²) >= 11 is 0. The first-order valence-electron chi connectivity index (χ1n) is 10.7. The number of amides is 1. The van der Waals surface area contributed by atoms with Crippen LogP contribution in [0.25, 0.3) is 0 Å². The number of alkyl carbamates (subject to hydrolysis) is 1. The highest BCUT2D eigenvalue weighted by Crippen LogP contribution is 2.34. The molecule has 1 N–H and O–H groups in total. The number of alkyl halides is 3. The summed E-state index contributed by atoms with van der Waals surface area (Å²) in [4.78, 5) is 47.4. The van der Waals surface area contributed by atoms with Crippen LogP contribution < -0.4 is 5.32 Å². The van der Waals surface area contributed by atoms with Gasteiger partial charge in [0.05, 0.1) is 0 Å². The lowest BCUT2D eigenvalue weighted by atomic mass is 9.98. The number of hydrogen-bond donors (Lipinski definition) is 1. The van der Waals surface area contributed by atoms with Gasteiger partial charge in [0.1, 0.15) is 12.7 Å². The van der Waals surface area contributed by atoms with Gasteiger partial charge in [0.25, 0.3) is 0 Å². The zero-order valence-corrected chi connectivity index (χ0v) is 20.9. The minimum absolute atomic E-state index is 0.125. The van der Waals surface area contributed by atoms with Gasteiger partial charge in [-0.25, -0.2) is 8.98 Å². The molecule has 5 atom stereocenters. The lowest BCUT2D eigenvalue weighted by Crippen LogP contribution is -2.63. The van der Waals surface area contributed by atoms with Crippen LogP contribution in [0.2, 0.25) is 0 Å². The standard InChI is InChI=1S/C21H24F3NO12S/c1-11(26)32-10-15-16(33-12(2)27)17(34-13(3)28)18(19(35-15)37-38(30,31)21(22,23)24)36-20(29)25-9-14-7-5-4-6-8-14/h4-8,15-19H,9-10H2,1-3H3,(H,25,29)/t15-,16-,17+,18-,19-/m1/s1. The Hall–Kier alpha value is -3.44. The van der Waals surface area contributed by atoms with E-state index in [0.29, 0.717) is 5.56 Å². The van der Waals surface area contributed by atoms with Crippen molar-refractivity contribution in [1.29, 1.82) is 0 Å². The van der Waals surface area contributed by atoms with Gasteiger partial charge in [0, 0.05) is 27.3 Å². The average Bonchev–Trinajstić information content (AvgIpc) is 2.79. The van der Waals surface area contributed by atoms with E-state index in [1.165, 1.54) is 0 Å². The van der Waals surface area contributed by atoms with Crippen LogP contribution in [-0.2, 0) is 58.9 Å². The molecule has 17 heteroatoms. The van der Waals surface area contributed by atoms with E-state index < -0.39 is 76.9 Å². The number of rotatable bonds is 9. The second-order valence-electron chi connectivity index (χ2n) is 7.70. The van der Waals surface area contributed by atoms with Crippen molar-refractivity contribution in [2.45, 2.75) is 63.5 Å². The topological polar surface area (TPSA) is 170 Å². The maximum Gasteiger partial charge on any atom is 0.523 e. The van der Waals surface area contributed by atoms with Crippen molar-refractivity contribution in [3.05, 3.63) is 35.9 Å². The molecule has 1 aromatic rings. The highest BCUT2D eigenvalue weighted by Gasteiger charge is 2.57. The molecule has 38 heavy (non-hydrogen) atoms. The first kappa shape index (κ1) is 30.8. The number of ether oxygens (including phenoxy) is 5. The number of halogens is 3. The van der Waals surface area contributed by atoms with Crippen LogP contribution in [0, 0.1) is 0 Å². The van der Waals surface area contributed by atoms with E-state index in [-0.39, 0.29) is 6.54 Å². The molecule has 0 aliphatic carbocycles. The molecule has 13 nitrogen and oxygen atoms in total. The van der Waals surface area contributed by atoms with Crippen molar-refractivity contribution in [2.75, 3.05) is 6.61 Å². The Morgan fingerprint density at radius 3 is 2.00 bits per heavy atom. The van der Waals surface area contributed by atoms with Gasteiger partial charge in [-0.1, -0.05) is 30.3 Å². The van der Waals surface area contributed by atoms with Crippen LogP contribution >= 0.6 is 0 Å². The van der Waals surface area contributed by atoms with E-state index in [2.05, 4.69) is 9.50 Å². The van der Waals surface area contributed by atoms with Crippen LogP contribution in [0.5, 0.6) is 0 Å². The van der Waals surface area contributed by atoms with Gasteiger partial charge in [-0.15, -0.1) is 0 Å². The number of benzene rings is 1. The third kappa shape index (κ3) is 8.84. The summed E-state index contributed by atoms with van der Waals surface area (Å²) in [6.07, 6.45) is -11.5. The quantitative estimate of drug-likeness (QED) is 0.195. The molecule has 0 saturated carbocycles. The third-order valence-electron chi connectivity index (χ3n) is 4.67. The van der Waals surface area contributed by atoms with Crippen molar-refractivity contribution < 1.29 is 68.6 Å². The molecule has 0 radical (unpaired) electrons. The predicted octanol–water partition coefficient (Wildman–Crippen LogP) is 1.30. The van der Waals surface area contributed by atoms with Crippen LogP contribution in [0.3, 0.4) is 0 Å². The summed E-state index contributed by atoms with van der Waals surface area (Å²) in [6.45, 7) is 1.84. The molecule has 212 valence electrons. The molecule has 0 aromatic heterocycles. The Labute approximate surface area is 214 Å². The van der Waals surface area contributed by atoms with Crippen molar-refractivity contribution >= 4 is 34.1 Å². The highest BCUT2D eigenvalue weighted by atomic mass is 32.2. The first-order chi connectivity index (χ1) is 17.6. The number of nitrogens with one attached hydrogen (secondary N) is 1. The van der Waals surface area contributed by atoms with Gasteiger partial charge in [-0.2, -0.15) is 21.6 Å². The van der Waals surface area contributed by atoms with Crippen LogP contribution in [0.15, 0.2) is 30.3 Å². The zero-order valence-electron chi connectivity index (χ0n) is 20.1. The Morgan fingerprint density at radius 2 is 1.47 bits per heavy atom. The highest BCUT2D eigenvalue weighted by molar-refractivity contribution is 7.87. The summed E-state index contributed by atoms with van der Waals surface area (Å²) < 4.78 is 92.1. The van der Waals surface area contributed by atoms with Crippen molar-refractivity contribution in [1.82, 2.24) is 5.32 Å². The van der Waals surface area contributed by atoms with Crippen LogP contribution in [-0.4, -0.2) is 75.2 Å². The van der Waals surface area contributed by atoms with E-state index in [9.17, 15) is 40.8 Å². The molecule has 1 amide bonds. The van der Waals surface area contributed by atoms with Crippen molar-refractivity contribution in [2.24, 2.45) is 0 Å². The molecule has 1 fully saturated rings. The molecular weight excluding hydrogens is 547 g/mol. The van der Waals surface area contributed by atoms with Crippen LogP contribution in [0.4, 0.5) is 18.0 Å². The Bertz CT molecular complexity index is 1110. The maximum absolute atomic E-state index is 13.1. The predicted molar refractivity (Wildman–Crippen MR) is 116 cm³/mol. The van der Waals surface area contributed by atoms with Gasteiger partial charge < -0.3 is 29.0 Å². The van der Waals surface area contributed by atoms with E-state index >= 15 is 0 Å². The molecule has 1 aliphatic rings. The largest absolute Gasteiger partial charge is 0.523 e. The second-order valence-corrected chi connectivity index (χ2v) is 9.26. The Morgan fingerprint density at radius 1 is 0.895 bits per heavy atom. The van der Waals surface area contributed by atoms with Gasteiger partial charge >= 0.3 is 39.6 Å². The van der Waals surface area contributed by atoms with Crippen molar-refractivity contribution in [3.8, 4) is 0 Å². The number of carbonyl (C=O) groups is 4. The minimum atomic E-state index is -6.36. The van der Waals surface area contributed by atoms with Crippen LogP contribution in [0.1, 0.15) is 26.3 Å². The third-order valence-corrected chi connectivity index (χ3v) is 5.68. The van der Waals surface area contributed by atoms with Gasteiger partial charge in [0.15, 0.2) is 18.3 Å². The maximum atomic E-state index is 13.1. The molecule has 1 heterocycles. The zero-order chi connectivity index (χ0) is 28.7. The molecule has 0 bridgehead atoms. The normalized spacial score (nSPS) is 23.6. The van der Waals surface area contributed by atoms with E-state index in [4.69, 9.17) is 23.7 Å². The number of carbonyl (C=O) groups excluding carboxylic acids is 4. The minimum Gasteiger partial charge on any atom is -0.463 e. The molecule has 0 spiro atoms. The molecule has 1 aromatic carbocycles. The molecular formula is C21H24F3NO12S. The fraction of sp³-hybridized carbons (Fsp3) is 0.524. The first-order valence-corrected chi connectivity index (χ1v) is 12.1. The van der Waals surface area contributed by atoms with E-state index in [1.807, 2.05) is 0 Å². The molecule has 1 aliphatic heterocycles. The summed E-state index contributed by atoms with van der Waals surface area (Å²) in [5, 5.41) is 2.28. The summed E-state index contributed by atoms with van der Waals surface area (Å²) in [5.41, 5.74) is -5.33. The average molecular weight is 571 g/mol. The van der Waals surface area contributed by atoms with Gasteiger partial charge in [0.2, 0.25) is 6.29 Å². The summed E-state index contributed by atoms with van der Waals surface area (Å²) in [5.74, 6) is -2.98. The fourth-order valence-electron chi connectivity index (χ4n) is 3.19. The second kappa shape index (κ2) is 12.9. The molecule has 1 saturated heterocycles. The summed E-state index contributed by atoms with van der Waals surface area (Å²) in [6, 6.07) is 8.28. The lowest BCUT2D eigenvalue weighted by molar-refractivity contribution is -0.285. The van der Waals surface area contributed by atoms with Crippen molar-refractivity contribution in [3.63, 3.8) is 0 Å². The van der Waals surface area contributed by atoms with Gasteiger partial charge in [-0.3, -0.25) is 14.4 Å². The number of esters is 3. The smallest absolute Gasteiger partial charge is 0.463 e. The monoisotopic (exact) mass is 571 g/mol. The van der Waals surface area contributed by atoms with E-state index in [1.54, 1.807) is 30.3 Å². The number of hydrogen-bond acceptors (Lipinski definition) is 12. The Balaban J connectivity index is 2.46. The van der Waals surface area contributed by atoms with Gasteiger partial charge in [-0.05, 0) is 5.56 Å². The summed E-state index contributed by atoms with van der Waals surface area (Å²) in [7, 11) is -6.36. The Kier molecular flexibility index (Phi) is 10.4. The molecule has 2 rings (SSSR count). The fourth-order valence-corrected chi connectivity index (χ4v) is 3.70. The van der Waals surface area contributed by atoms with E-state index in [0.717, 1.165) is 20.8 Å². The molecule has 0 unspecified atom stereocenters.